The van der Waals surface area contributed by atoms with Gasteiger partial charge in [0.2, 0.25) is 0 Å². The van der Waals surface area contributed by atoms with Crippen LogP contribution in [0.4, 0.5) is 4.39 Å². The molecule has 0 aliphatic carbocycles. The third-order valence-electron chi connectivity index (χ3n) is 2.54. The predicted molar refractivity (Wildman–Crippen MR) is 55.6 cm³/mol. The van der Waals surface area contributed by atoms with Crippen LogP contribution in [-0.4, -0.2) is 4.98 Å². The quantitative estimate of drug-likeness (QED) is 0.716. The number of hydrogen-bond donors (Lipinski definition) is 2. The Hall–Kier alpha value is -1.35. The van der Waals surface area contributed by atoms with Crippen LogP contribution in [0.3, 0.4) is 0 Å². The van der Waals surface area contributed by atoms with E-state index in [-0.39, 0.29) is 11.9 Å². The summed E-state index contributed by atoms with van der Waals surface area (Å²) in [6, 6.07) is 3.46. The molecule has 2 rings (SSSR count). The van der Waals surface area contributed by atoms with Crippen molar-refractivity contribution in [1.29, 1.82) is 0 Å². The van der Waals surface area contributed by atoms with E-state index >= 15 is 0 Å². The lowest BCUT2D eigenvalue weighted by molar-refractivity contribution is 0.588. The molecular weight excluding hydrogens is 179 g/mol. The highest BCUT2D eigenvalue weighted by Crippen LogP contribution is 2.26. The summed E-state index contributed by atoms with van der Waals surface area (Å²) in [6.07, 6.45) is 1.81. The number of aryl methyl sites for hydroxylation is 1. The molecule has 0 spiro atoms. The Bertz CT molecular complexity index is 471. The first-order valence-electron chi connectivity index (χ1n) is 4.63. The Morgan fingerprint density at radius 3 is 2.86 bits per heavy atom. The van der Waals surface area contributed by atoms with Crippen LogP contribution >= 0.6 is 0 Å². The first-order valence-corrected chi connectivity index (χ1v) is 4.63. The minimum absolute atomic E-state index is 0.199. The minimum atomic E-state index is -0.270. The maximum absolute atomic E-state index is 13.8. The summed E-state index contributed by atoms with van der Waals surface area (Å²) in [7, 11) is 0. The van der Waals surface area contributed by atoms with E-state index in [0.717, 1.165) is 10.9 Å². The van der Waals surface area contributed by atoms with E-state index in [1.807, 2.05) is 12.3 Å². The van der Waals surface area contributed by atoms with Gasteiger partial charge in [-0.05, 0) is 26.0 Å². The number of H-pyrrole nitrogens is 1. The third kappa shape index (κ3) is 1.21. The molecule has 0 aliphatic heterocycles. The van der Waals surface area contributed by atoms with E-state index in [2.05, 4.69) is 4.98 Å². The van der Waals surface area contributed by atoms with Crippen molar-refractivity contribution in [2.75, 3.05) is 0 Å². The SMILES string of the molecule is Cc1c(F)c(C(C)N)cc2cc[nH]c12. The Balaban J connectivity index is 2.80. The van der Waals surface area contributed by atoms with E-state index in [4.69, 9.17) is 5.73 Å². The topological polar surface area (TPSA) is 41.8 Å². The van der Waals surface area contributed by atoms with Crippen LogP contribution in [-0.2, 0) is 0 Å². The molecule has 0 saturated heterocycles. The molecule has 0 saturated carbocycles. The summed E-state index contributed by atoms with van der Waals surface area (Å²) in [5.41, 5.74) is 7.76. The number of hydrogen-bond acceptors (Lipinski definition) is 1. The molecule has 0 radical (unpaired) electrons. The number of fused-ring (bicyclic) bond motifs is 1. The highest BCUT2D eigenvalue weighted by molar-refractivity contribution is 5.83. The molecule has 0 fully saturated rings. The van der Waals surface area contributed by atoms with Crippen LogP contribution in [0.1, 0.15) is 24.1 Å². The molecule has 74 valence electrons. The van der Waals surface area contributed by atoms with Gasteiger partial charge < -0.3 is 10.7 Å². The van der Waals surface area contributed by atoms with Crippen LogP contribution in [0, 0.1) is 12.7 Å². The molecular formula is C11H13FN2. The van der Waals surface area contributed by atoms with Crippen LogP contribution in [0.15, 0.2) is 18.3 Å². The van der Waals surface area contributed by atoms with Crippen molar-refractivity contribution in [2.45, 2.75) is 19.9 Å². The van der Waals surface area contributed by atoms with Gasteiger partial charge in [0.05, 0.1) is 5.52 Å². The van der Waals surface area contributed by atoms with Crippen LogP contribution < -0.4 is 5.73 Å². The van der Waals surface area contributed by atoms with Crippen molar-refractivity contribution < 1.29 is 4.39 Å². The largest absolute Gasteiger partial charge is 0.361 e. The Morgan fingerprint density at radius 1 is 1.50 bits per heavy atom. The highest BCUT2D eigenvalue weighted by Gasteiger charge is 2.13. The van der Waals surface area contributed by atoms with Gasteiger partial charge in [-0.2, -0.15) is 0 Å². The third-order valence-corrected chi connectivity index (χ3v) is 2.54. The van der Waals surface area contributed by atoms with Crippen molar-refractivity contribution in [2.24, 2.45) is 5.73 Å². The van der Waals surface area contributed by atoms with Crippen molar-refractivity contribution in [3.8, 4) is 0 Å². The Labute approximate surface area is 81.9 Å². The van der Waals surface area contributed by atoms with Crippen LogP contribution in [0.2, 0.25) is 0 Å². The Morgan fingerprint density at radius 2 is 2.21 bits per heavy atom. The number of halogens is 1. The fourth-order valence-corrected chi connectivity index (χ4v) is 1.71. The van der Waals surface area contributed by atoms with Gasteiger partial charge in [-0.15, -0.1) is 0 Å². The zero-order valence-corrected chi connectivity index (χ0v) is 8.26. The summed E-state index contributed by atoms with van der Waals surface area (Å²) < 4.78 is 13.8. The van der Waals surface area contributed by atoms with Gasteiger partial charge in [-0.3, -0.25) is 0 Å². The molecule has 2 aromatic rings. The second-order valence-electron chi connectivity index (χ2n) is 3.64. The summed E-state index contributed by atoms with van der Waals surface area (Å²) in [5, 5.41) is 1.01. The van der Waals surface area contributed by atoms with Gasteiger partial charge in [-0.25, -0.2) is 4.39 Å². The molecule has 1 unspecified atom stereocenters. The molecule has 0 amide bonds. The second kappa shape index (κ2) is 3.10. The van der Waals surface area contributed by atoms with Gasteiger partial charge >= 0.3 is 0 Å². The highest BCUT2D eigenvalue weighted by atomic mass is 19.1. The fourth-order valence-electron chi connectivity index (χ4n) is 1.71. The molecule has 1 aromatic carbocycles. The zero-order chi connectivity index (χ0) is 10.3. The molecule has 14 heavy (non-hydrogen) atoms. The van der Waals surface area contributed by atoms with Gasteiger partial charge in [0.15, 0.2) is 0 Å². The molecule has 0 bridgehead atoms. The molecule has 3 heteroatoms. The number of nitrogens with two attached hydrogens (primary N) is 1. The molecule has 0 aliphatic rings. The molecule has 1 aromatic heterocycles. The minimum Gasteiger partial charge on any atom is -0.361 e. The summed E-state index contributed by atoms with van der Waals surface area (Å²) in [4.78, 5) is 3.01. The monoisotopic (exact) mass is 192 g/mol. The maximum Gasteiger partial charge on any atom is 0.132 e. The standard InChI is InChI=1S/C11H13FN2/c1-6-10(12)9(7(2)13)5-8-3-4-14-11(6)8/h3-5,7,14H,13H2,1-2H3. The first-order chi connectivity index (χ1) is 6.61. The summed E-state index contributed by atoms with van der Waals surface area (Å²) in [5.74, 6) is -0.199. The van der Waals surface area contributed by atoms with Crippen molar-refractivity contribution in [3.05, 3.63) is 35.3 Å². The molecule has 3 N–H and O–H groups in total. The number of aromatic amines is 1. The average Bonchev–Trinajstić information content (AvgIpc) is 2.58. The predicted octanol–water partition coefficient (Wildman–Crippen LogP) is 2.64. The van der Waals surface area contributed by atoms with Crippen LogP contribution in [0.25, 0.3) is 10.9 Å². The van der Waals surface area contributed by atoms with E-state index in [1.54, 1.807) is 19.9 Å². The molecule has 1 heterocycles. The van der Waals surface area contributed by atoms with Gasteiger partial charge in [-0.1, -0.05) is 0 Å². The van der Waals surface area contributed by atoms with Crippen molar-refractivity contribution in [3.63, 3.8) is 0 Å². The second-order valence-corrected chi connectivity index (χ2v) is 3.64. The lowest BCUT2D eigenvalue weighted by atomic mass is 10.0. The van der Waals surface area contributed by atoms with Gasteiger partial charge in [0.25, 0.3) is 0 Å². The Kier molecular flexibility index (Phi) is 2.04. The van der Waals surface area contributed by atoms with Crippen LogP contribution in [0.5, 0.6) is 0 Å². The van der Waals surface area contributed by atoms with E-state index in [9.17, 15) is 4.39 Å². The first kappa shape index (κ1) is 9.21. The summed E-state index contributed by atoms with van der Waals surface area (Å²) in [6.45, 7) is 3.55. The summed E-state index contributed by atoms with van der Waals surface area (Å²) >= 11 is 0. The zero-order valence-electron chi connectivity index (χ0n) is 8.26. The maximum atomic E-state index is 13.8. The number of rotatable bonds is 1. The molecule has 1 atom stereocenters. The van der Waals surface area contributed by atoms with Crippen molar-refractivity contribution in [1.82, 2.24) is 4.98 Å². The normalized spacial score (nSPS) is 13.4. The fraction of sp³-hybridized carbons (Fsp3) is 0.273. The lowest BCUT2D eigenvalue weighted by Crippen LogP contribution is -2.08. The van der Waals surface area contributed by atoms with E-state index in [1.165, 1.54) is 0 Å². The van der Waals surface area contributed by atoms with E-state index in [0.29, 0.717) is 11.1 Å². The smallest absolute Gasteiger partial charge is 0.132 e. The lowest BCUT2D eigenvalue weighted by Gasteiger charge is -2.10. The molecule has 2 nitrogen and oxygen atoms in total. The van der Waals surface area contributed by atoms with Gasteiger partial charge in [0.1, 0.15) is 5.82 Å². The van der Waals surface area contributed by atoms with Gasteiger partial charge in [0, 0.05) is 28.8 Å². The average molecular weight is 192 g/mol. The number of nitrogens with one attached hydrogen (secondary N) is 1. The van der Waals surface area contributed by atoms with E-state index < -0.39 is 0 Å². The number of benzene rings is 1. The van der Waals surface area contributed by atoms with Crippen molar-refractivity contribution >= 4 is 10.9 Å². The number of aromatic nitrogens is 1.